The zero-order valence-electron chi connectivity index (χ0n) is 10.6. The predicted octanol–water partition coefficient (Wildman–Crippen LogP) is -0.714. The van der Waals surface area contributed by atoms with Gasteiger partial charge in [0.15, 0.2) is 0 Å². The van der Waals surface area contributed by atoms with E-state index < -0.39 is 37.0 Å². The van der Waals surface area contributed by atoms with E-state index in [0.29, 0.717) is 0 Å². The highest BCUT2D eigenvalue weighted by Gasteiger charge is 2.20. The standard InChI is InChI=1S/C10H17F2N3O5/c11-7(12)5-20-4-3-14-10(19)15-6(9(17)18)1-2-8(13)16/h6-7H,1-5H2,(H2,13,16)(H,17,18)(H2,14,15,19)/t6-/m0/s1. The van der Waals surface area contributed by atoms with Crippen LogP contribution >= 0.6 is 0 Å². The number of rotatable bonds is 10. The Morgan fingerprint density at radius 3 is 2.45 bits per heavy atom. The lowest BCUT2D eigenvalue weighted by Crippen LogP contribution is -2.47. The summed E-state index contributed by atoms with van der Waals surface area (Å²) in [5, 5.41) is 13.1. The molecule has 0 aromatic carbocycles. The predicted molar refractivity (Wildman–Crippen MR) is 63.2 cm³/mol. The fraction of sp³-hybridized carbons (Fsp3) is 0.700. The van der Waals surface area contributed by atoms with E-state index in [1.54, 1.807) is 0 Å². The SMILES string of the molecule is NC(=O)CC[C@H](NC(=O)NCCOCC(F)F)C(=O)O. The Kier molecular flexibility index (Phi) is 8.92. The van der Waals surface area contributed by atoms with Gasteiger partial charge in [-0.05, 0) is 6.42 Å². The fourth-order valence-corrected chi connectivity index (χ4v) is 1.16. The summed E-state index contributed by atoms with van der Waals surface area (Å²) in [6.07, 6.45) is -2.91. The van der Waals surface area contributed by atoms with Crippen LogP contribution in [0, 0.1) is 0 Å². The molecule has 20 heavy (non-hydrogen) atoms. The molecule has 10 heteroatoms. The van der Waals surface area contributed by atoms with Crippen molar-refractivity contribution in [3.05, 3.63) is 0 Å². The zero-order chi connectivity index (χ0) is 15.5. The molecule has 0 fully saturated rings. The molecule has 3 amide bonds. The number of carbonyl (C=O) groups is 3. The topological polar surface area (TPSA) is 131 Å². The van der Waals surface area contributed by atoms with Gasteiger partial charge >= 0.3 is 12.0 Å². The van der Waals surface area contributed by atoms with Crippen molar-refractivity contribution in [2.75, 3.05) is 19.8 Å². The van der Waals surface area contributed by atoms with Crippen LogP contribution < -0.4 is 16.4 Å². The molecule has 0 spiro atoms. The number of nitrogens with one attached hydrogen (secondary N) is 2. The fourth-order valence-electron chi connectivity index (χ4n) is 1.16. The summed E-state index contributed by atoms with van der Waals surface area (Å²) < 4.78 is 27.9. The minimum absolute atomic E-state index is 0.0548. The Morgan fingerprint density at radius 2 is 1.95 bits per heavy atom. The van der Waals surface area contributed by atoms with Crippen LogP contribution in [0.3, 0.4) is 0 Å². The van der Waals surface area contributed by atoms with Crippen molar-refractivity contribution in [1.82, 2.24) is 10.6 Å². The molecule has 0 aliphatic heterocycles. The van der Waals surface area contributed by atoms with Crippen molar-refractivity contribution in [3.8, 4) is 0 Å². The largest absolute Gasteiger partial charge is 0.480 e. The second-order valence-corrected chi connectivity index (χ2v) is 3.76. The first-order chi connectivity index (χ1) is 9.32. The lowest BCUT2D eigenvalue weighted by molar-refractivity contribution is -0.139. The number of amides is 3. The highest BCUT2D eigenvalue weighted by molar-refractivity contribution is 5.83. The Hall–Kier alpha value is -1.97. The van der Waals surface area contributed by atoms with Gasteiger partial charge in [0, 0.05) is 13.0 Å². The minimum Gasteiger partial charge on any atom is -0.480 e. The van der Waals surface area contributed by atoms with Gasteiger partial charge in [-0.3, -0.25) is 4.79 Å². The van der Waals surface area contributed by atoms with Gasteiger partial charge in [0.1, 0.15) is 12.6 Å². The number of primary amides is 1. The first-order valence-electron chi connectivity index (χ1n) is 5.74. The number of alkyl halides is 2. The average Bonchev–Trinajstić information content (AvgIpc) is 2.32. The molecular formula is C10H17F2N3O5. The molecule has 0 radical (unpaired) electrons. The van der Waals surface area contributed by atoms with Crippen LogP contribution in [0.1, 0.15) is 12.8 Å². The molecule has 0 saturated carbocycles. The van der Waals surface area contributed by atoms with Crippen LogP contribution in [0.5, 0.6) is 0 Å². The van der Waals surface area contributed by atoms with Gasteiger partial charge in [-0.1, -0.05) is 0 Å². The number of hydrogen-bond acceptors (Lipinski definition) is 4. The van der Waals surface area contributed by atoms with Gasteiger partial charge in [-0.2, -0.15) is 0 Å². The van der Waals surface area contributed by atoms with Gasteiger partial charge in [-0.25, -0.2) is 18.4 Å². The number of ether oxygens (including phenoxy) is 1. The molecule has 0 bridgehead atoms. The highest BCUT2D eigenvalue weighted by Crippen LogP contribution is 1.97. The summed E-state index contributed by atoms with van der Waals surface area (Å²) in [6, 6.07) is -2.06. The van der Waals surface area contributed by atoms with E-state index in [1.807, 2.05) is 0 Å². The summed E-state index contributed by atoms with van der Waals surface area (Å²) in [5.74, 6) is -1.99. The monoisotopic (exact) mass is 297 g/mol. The number of carboxylic acids is 1. The van der Waals surface area contributed by atoms with Crippen LogP contribution in [0.2, 0.25) is 0 Å². The van der Waals surface area contributed by atoms with Crippen LogP contribution in [-0.4, -0.2) is 55.2 Å². The molecule has 0 aliphatic carbocycles. The minimum atomic E-state index is -2.59. The smallest absolute Gasteiger partial charge is 0.326 e. The van der Waals surface area contributed by atoms with E-state index in [4.69, 9.17) is 10.8 Å². The van der Waals surface area contributed by atoms with Gasteiger partial charge in [0.05, 0.1) is 6.61 Å². The molecule has 0 unspecified atom stereocenters. The van der Waals surface area contributed by atoms with Crippen molar-refractivity contribution in [3.63, 3.8) is 0 Å². The summed E-state index contributed by atoms with van der Waals surface area (Å²) in [5.41, 5.74) is 4.87. The second kappa shape index (κ2) is 9.89. The molecule has 0 aromatic rings. The summed E-state index contributed by atoms with van der Waals surface area (Å²) in [4.78, 5) is 32.6. The summed E-state index contributed by atoms with van der Waals surface area (Å²) in [6.45, 7) is -0.919. The van der Waals surface area contributed by atoms with Gasteiger partial charge < -0.3 is 26.2 Å². The second-order valence-electron chi connectivity index (χ2n) is 3.76. The molecule has 5 N–H and O–H groups in total. The van der Waals surface area contributed by atoms with Crippen molar-refractivity contribution in [2.45, 2.75) is 25.3 Å². The number of carboxylic acid groups (broad SMARTS) is 1. The number of urea groups is 1. The third kappa shape index (κ3) is 10.00. The number of hydrogen-bond donors (Lipinski definition) is 4. The summed E-state index contributed by atoms with van der Waals surface area (Å²) in [7, 11) is 0. The van der Waals surface area contributed by atoms with Gasteiger partial charge in [0.25, 0.3) is 6.43 Å². The molecular weight excluding hydrogens is 280 g/mol. The Bertz CT molecular complexity index is 341. The molecule has 0 aromatic heterocycles. The maximum absolute atomic E-state index is 11.7. The number of halogens is 2. The lowest BCUT2D eigenvalue weighted by Gasteiger charge is -2.14. The Balaban J connectivity index is 3.89. The van der Waals surface area contributed by atoms with E-state index in [0.717, 1.165) is 0 Å². The zero-order valence-corrected chi connectivity index (χ0v) is 10.6. The number of aliphatic carboxylic acids is 1. The Labute approximate surface area is 113 Å². The average molecular weight is 297 g/mol. The summed E-state index contributed by atoms with van der Waals surface area (Å²) >= 11 is 0. The van der Waals surface area contributed by atoms with Crippen LogP contribution in [0.25, 0.3) is 0 Å². The van der Waals surface area contributed by atoms with Crippen molar-refractivity contribution >= 4 is 17.9 Å². The molecule has 1 atom stereocenters. The highest BCUT2D eigenvalue weighted by atomic mass is 19.3. The number of nitrogens with two attached hydrogens (primary N) is 1. The number of carbonyl (C=O) groups excluding carboxylic acids is 2. The maximum Gasteiger partial charge on any atom is 0.326 e. The van der Waals surface area contributed by atoms with E-state index >= 15 is 0 Å². The van der Waals surface area contributed by atoms with Gasteiger partial charge in [-0.15, -0.1) is 0 Å². The molecule has 8 nitrogen and oxygen atoms in total. The molecule has 0 heterocycles. The van der Waals surface area contributed by atoms with Gasteiger partial charge in [0.2, 0.25) is 5.91 Å². The lowest BCUT2D eigenvalue weighted by atomic mass is 10.1. The first-order valence-corrected chi connectivity index (χ1v) is 5.74. The Morgan fingerprint density at radius 1 is 1.30 bits per heavy atom. The van der Waals surface area contributed by atoms with E-state index in [2.05, 4.69) is 15.4 Å². The molecule has 0 aliphatic rings. The van der Waals surface area contributed by atoms with E-state index in [-0.39, 0.29) is 26.0 Å². The van der Waals surface area contributed by atoms with Crippen molar-refractivity contribution in [2.24, 2.45) is 5.73 Å². The van der Waals surface area contributed by atoms with Crippen LogP contribution in [-0.2, 0) is 14.3 Å². The third-order valence-corrected chi connectivity index (χ3v) is 2.06. The normalized spacial score (nSPS) is 11.9. The van der Waals surface area contributed by atoms with E-state index in [1.165, 1.54) is 0 Å². The molecule has 0 rings (SSSR count). The maximum atomic E-state index is 11.7. The van der Waals surface area contributed by atoms with Crippen LogP contribution in [0.15, 0.2) is 0 Å². The molecule has 116 valence electrons. The van der Waals surface area contributed by atoms with Crippen molar-refractivity contribution in [1.29, 1.82) is 0 Å². The molecule has 0 saturated heterocycles. The van der Waals surface area contributed by atoms with E-state index in [9.17, 15) is 23.2 Å². The van der Waals surface area contributed by atoms with Crippen molar-refractivity contribution < 1.29 is 33.0 Å². The first kappa shape index (κ1) is 18.0. The third-order valence-electron chi connectivity index (χ3n) is 2.06. The quantitative estimate of drug-likeness (QED) is 0.395. The van der Waals surface area contributed by atoms with Crippen LogP contribution in [0.4, 0.5) is 13.6 Å².